The number of sulfonamides is 1. The van der Waals surface area contributed by atoms with Crippen molar-refractivity contribution in [2.45, 2.75) is 4.90 Å². The summed E-state index contributed by atoms with van der Waals surface area (Å²) in [6.07, 6.45) is 1.47. The molecular formula is C19H14Br2ClN3O3S. The quantitative estimate of drug-likeness (QED) is 0.262. The van der Waals surface area contributed by atoms with Gasteiger partial charge in [-0.3, -0.25) is 10.1 Å². The summed E-state index contributed by atoms with van der Waals surface area (Å²) in [5.41, 5.74) is 4.39. The third-order valence-corrected chi connectivity index (χ3v) is 6.43. The van der Waals surface area contributed by atoms with E-state index in [9.17, 15) is 13.5 Å². The summed E-state index contributed by atoms with van der Waals surface area (Å²) >= 11 is 12.4. The number of phenolic OH excluding ortho intramolecular Hbond substituents is 1. The molecule has 3 aromatic rings. The lowest BCUT2D eigenvalue weighted by atomic mass is 10.2. The minimum atomic E-state index is -3.70. The van der Waals surface area contributed by atoms with Crippen molar-refractivity contribution in [3.05, 3.63) is 80.2 Å². The molecule has 0 saturated carbocycles. The Hall–Kier alpha value is -2.07. The minimum Gasteiger partial charge on any atom is -0.506 e. The van der Waals surface area contributed by atoms with Gasteiger partial charge in [0.2, 0.25) is 0 Å². The highest BCUT2D eigenvalue weighted by Gasteiger charge is 2.13. The molecule has 0 aromatic heterocycles. The molecular weight excluding hydrogens is 546 g/mol. The number of nitrogens with zero attached hydrogens (tertiary/aromatic N) is 1. The van der Waals surface area contributed by atoms with Crippen LogP contribution in [-0.2, 0) is 10.0 Å². The first-order valence-corrected chi connectivity index (χ1v) is 11.5. The van der Waals surface area contributed by atoms with Crippen LogP contribution in [0.15, 0.2) is 79.6 Å². The van der Waals surface area contributed by atoms with Crippen LogP contribution >= 0.6 is 43.5 Å². The third kappa shape index (κ3) is 5.72. The molecule has 0 aliphatic rings. The van der Waals surface area contributed by atoms with Gasteiger partial charge in [-0.2, -0.15) is 5.10 Å². The second-order valence-electron chi connectivity index (χ2n) is 5.83. The summed E-state index contributed by atoms with van der Waals surface area (Å²) in [5.74, 6) is 0.0747. The Morgan fingerprint density at radius 1 is 0.966 bits per heavy atom. The van der Waals surface area contributed by atoms with Crippen molar-refractivity contribution in [2.24, 2.45) is 5.10 Å². The molecule has 0 fully saturated rings. The summed E-state index contributed by atoms with van der Waals surface area (Å²) in [6.45, 7) is 0. The van der Waals surface area contributed by atoms with E-state index in [1.807, 2.05) is 0 Å². The number of rotatable bonds is 6. The fourth-order valence-corrected chi connectivity index (χ4v) is 4.74. The number of phenols is 1. The summed E-state index contributed by atoms with van der Waals surface area (Å²) in [4.78, 5) is 0.119. The predicted octanol–water partition coefficient (Wildman–Crippen LogP) is 5.82. The highest BCUT2D eigenvalue weighted by Crippen LogP contribution is 2.30. The SMILES string of the molecule is O=S(=O)(Nc1ccc(N/N=C/c2cc(Br)cc(Br)c2O)cc1)c1ccc(Cl)cc1. The first-order valence-electron chi connectivity index (χ1n) is 8.10. The van der Waals surface area contributed by atoms with Crippen molar-refractivity contribution in [3.8, 4) is 5.75 Å². The predicted molar refractivity (Wildman–Crippen MR) is 123 cm³/mol. The van der Waals surface area contributed by atoms with Crippen LogP contribution in [0, 0.1) is 0 Å². The first-order chi connectivity index (χ1) is 13.7. The van der Waals surface area contributed by atoms with E-state index < -0.39 is 10.0 Å². The van der Waals surface area contributed by atoms with Gasteiger partial charge in [-0.05, 0) is 76.6 Å². The number of hydrogen-bond acceptors (Lipinski definition) is 5. The van der Waals surface area contributed by atoms with Gasteiger partial charge in [0, 0.05) is 20.7 Å². The molecule has 150 valence electrons. The van der Waals surface area contributed by atoms with E-state index in [-0.39, 0.29) is 10.6 Å². The Kier molecular flexibility index (Phi) is 6.84. The zero-order valence-electron chi connectivity index (χ0n) is 14.6. The van der Waals surface area contributed by atoms with Crippen molar-refractivity contribution in [1.82, 2.24) is 0 Å². The molecule has 3 rings (SSSR count). The van der Waals surface area contributed by atoms with Gasteiger partial charge in [-0.25, -0.2) is 8.42 Å². The number of hydrazone groups is 1. The molecule has 0 aliphatic carbocycles. The van der Waals surface area contributed by atoms with E-state index in [1.165, 1.54) is 30.5 Å². The Bertz CT molecular complexity index is 1150. The molecule has 0 radical (unpaired) electrons. The Morgan fingerprint density at radius 3 is 2.24 bits per heavy atom. The summed E-state index contributed by atoms with van der Waals surface area (Å²) < 4.78 is 28.6. The van der Waals surface area contributed by atoms with E-state index in [4.69, 9.17) is 11.6 Å². The van der Waals surface area contributed by atoms with Crippen molar-refractivity contribution in [2.75, 3.05) is 10.1 Å². The Balaban J connectivity index is 1.67. The monoisotopic (exact) mass is 557 g/mol. The molecule has 0 aliphatic heterocycles. The van der Waals surface area contributed by atoms with E-state index in [1.54, 1.807) is 36.4 Å². The lowest BCUT2D eigenvalue weighted by Gasteiger charge is -2.09. The molecule has 0 amide bonds. The maximum Gasteiger partial charge on any atom is 0.261 e. The lowest BCUT2D eigenvalue weighted by Crippen LogP contribution is -2.12. The fraction of sp³-hybridized carbons (Fsp3) is 0. The Labute approximate surface area is 189 Å². The van der Waals surface area contributed by atoms with Crippen molar-refractivity contribution >= 4 is 71.1 Å². The third-order valence-electron chi connectivity index (χ3n) is 3.72. The second-order valence-corrected chi connectivity index (χ2v) is 9.72. The normalized spacial score (nSPS) is 11.6. The molecule has 0 spiro atoms. The van der Waals surface area contributed by atoms with Crippen LogP contribution < -0.4 is 10.1 Å². The molecule has 0 atom stereocenters. The van der Waals surface area contributed by atoms with E-state index in [0.29, 0.717) is 26.4 Å². The van der Waals surface area contributed by atoms with Crippen LogP contribution in [-0.4, -0.2) is 19.7 Å². The van der Waals surface area contributed by atoms with E-state index in [0.717, 1.165) is 4.47 Å². The van der Waals surface area contributed by atoms with Crippen molar-refractivity contribution in [3.63, 3.8) is 0 Å². The largest absolute Gasteiger partial charge is 0.506 e. The topological polar surface area (TPSA) is 90.8 Å². The lowest BCUT2D eigenvalue weighted by molar-refractivity contribution is 0.471. The number of anilines is 2. The van der Waals surface area contributed by atoms with Crippen LogP contribution in [0.3, 0.4) is 0 Å². The molecule has 0 heterocycles. The summed E-state index contributed by atoms with van der Waals surface area (Å²) in [5, 5.41) is 14.6. The summed E-state index contributed by atoms with van der Waals surface area (Å²) in [7, 11) is -3.70. The van der Waals surface area contributed by atoms with E-state index >= 15 is 0 Å². The number of halogens is 3. The zero-order valence-corrected chi connectivity index (χ0v) is 19.3. The van der Waals surface area contributed by atoms with Crippen molar-refractivity contribution in [1.29, 1.82) is 0 Å². The molecule has 10 heteroatoms. The van der Waals surface area contributed by atoms with Gasteiger partial charge >= 0.3 is 0 Å². The molecule has 0 saturated heterocycles. The van der Waals surface area contributed by atoms with Crippen LogP contribution in [0.1, 0.15) is 5.56 Å². The van der Waals surface area contributed by atoms with Crippen LogP contribution in [0.5, 0.6) is 5.75 Å². The fourth-order valence-electron chi connectivity index (χ4n) is 2.30. The van der Waals surface area contributed by atoms with E-state index in [2.05, 4.69) is 47.1 Å². The van der Waals surface area contributed by atoms with Gasteiger partial charge in [0.1, 0.15) is 5.75 Å². The first kappa shape index (κ1) is 21.6. The highest BCUT2D eigenvalue weighted by atomic mass is 79.9. The van der Waals surface area contributed by atoms with Crippen LogP contribution in [0.4, 0.5) is 11.4 Å². The molecule has 0 bridgehead atoms. The molecule has 29 heavy (non-hydrogen) atoms. The molecule has 3 N–H and O–H groups in total. The van der Waals surface area contributed by atoms with Gasteiger partial charge < -0.3 is 5.11 Å². The van der Waals surface area contributed by atoms with Crippen LogP contribution in [0.2, 0.25) is 5.02 Å². The minimum absolute atomic E-state index is 0.0747. The molecule has 6 nitrogen and oxygen atoms in total. The Morgan fingerprint density at radius 2 is 1.59 bits per heavy atom. The molecule has 0 unspecified atom stereocenters. The molecule has 3 aromatic carbocycles. The maximum atomic E-state index is 12.4. The van der Waals surface area contributed by atoms with Gasteiger partial charge in [0.25, 0.3) is 10.0 Å². The van der Waals surface area contributed by atoms with Gasteiger partial charge in [-0.1, -0.05) is 27.5 Å². The number of nitrogens with one attached hydrogen (secondary N) is 2. The summed E-state index contributed by atoms with van der Waals surface area (Å²) in [6, 6.07) is 15.9. The second kappa shape index (κ2) is 9.17. The maximum absolute atomic E-state index is 12.4. The standard InChI is InChI=1S/C19H14Br2ClN3O3S/c20-13-9-12(19(26)18(21)10-13)11-23-24-15-3-5-16(6-4-15)25-29(27,28)17-7-1-14(22)2-8-17/h1-11,24-26H/b23-11+. The average molecular weight is 560 g/mol. The number of benzene rings is 3. The van der Waals surface area contributed by atoms with Gasteiger partial charge in [0.05, 0.1) is 21.3 Å². The van der Waals surface area contributed by atoms with Crippen LogP contribution in [0.25, 0.3) is 0 Å². The van der Waals surface area contributed by atoms with Gasteiger partial charge in [0.15, 0.2) is 0 Å². The number of aromatic hydroxyl groups is 1. The number of hydrogen-bond donors (Lipinski definition) is 3. The average Bonchev–Trinajstić information content (AvgIpc) is 2.67. The highest BCUT2D eigenvalue weighted by molar-refractivity contribution is 9.11. The zero-order chi connectivity index (χ0) is 21.0. The van der Waals surface area contributed by atoms with Crippen molar-refractivity contribution < 1.29 is 13.5 Å². The smallest absolute Gasteiger partial charge is 0.261 e. The van der Waals surface area contributed by atoms with Gasteiger partial charge in [-0.15, -0.1) is 0 Å².